The van der Waals surface area contributed by atoms with Crippen LogP contribution < -0.4 is 10.6 Å². The summed E-state index contributed by atoms with van der Waals surface area (Å²) in [7, 11) is 0. The highest BCUT2D eigenvalue weighted by Gasteiger charge is 2.19. The number of nitrogens with one attached hydrogen (secondary N) is 2. The summed E-state index contributed by atoms with van der Waals surface area (Å²) in [6, 6.07) is 8.52. The summed E-state index contributed by atoms with van der Waals surface area (Å²) in [6.07, 6.45) is 0.493. The summed E-state index contributed by atoms with van der Waals surface area (Å²) in [5, 5.41) is 18.4. The van der Waals surface area contributed by atoms with Crippen LogP contribution >= 0.6 is 11.3 Å². The molecule has 1 unspecified atom stereocenters. The van der Waals surface area contributed by atoms with E-state index in [2.05, 4.69) is 10.6 Å². The number of rotatable bonds is 7. The quantitative estimate of drug-likeness (QED) is 0.721. The van der Waals surface area contributed by atoms with Gasteiger partial charge in [0.1, 0.15) is 0 Å². The van der Waals surface area contributed by atoms with Gasteiger partial charge in [-0.25, -0.2) is 0 Å². The zero-order chi connectivity index (χ0) is 17.5. The smallest absolute Gasteiger partial charge is 0.256 e. The van der Waals surface area contributed by atoms with Crippen LogP contribution in [0.2, 0.25) is 0 Å². The van der Waals surface area contributed by atoms with Crippen LogP contribution in [0.5, 0.6) is 0 Å². The summed E-state index contributed by atoms with van der Waals surface area (Å²) in [5.41, 5.74) is 1.44. The highest BCUT2D eigenvalue weighted by Crippen LogP contribution is 2.18. The van der Waals surface area contributed by atoms with Crippen LogP contribution in [0.15, 0.2) is 41.1 Å². The van der Waals surface area contributed by atoms with Gasteiger partial charge >= 0.3 is 0 Å². The number of hydrogen-bond donors (Lipinski definition) is 3. The predicted molar refractivity (Wildman–Crippen MR) is 96.5 cm³/mol. The minimum atomic E-state index is -0.261. The average molecular weight is 346 g/mol. The van der Waals surface area contributed by atoms with Gasteiger partial charge in [-0.2, -0.15) is 11.3 Å². The number of aliphatic hydroxyl groups excluding tert-OH is 1. The molecule has 0 spiro atoms. The second kappa shape index (κ2) is 8.61. The summed E-state index contributed by atoms with van der Waals surface area (Å²) in [6.45, 7) is 4.00. The summed E-state index contributed by atoms with van der Waals surface area (Å²) in [4.78, 5) is 24.8. The first-order chi connectivity index (χ1) is 11.5. The van der Waals surface area contributed by atoms with Crippen molar-refractivity contribution >= 4 is 28.8 Å². The highest BCUT2D eigenvalue weighted by atomic mass is 32.1. The molecule has 0 aliphatic carbocycles. The van der Waals surface area contributed by atoms with Gasteiger partial charge in [0.15, 0.2) is 0 Å². The van der Waals surface area contributed by atoms with E-state index in [-0.39, 0.29) is 30.4 Å². The van der Waals surface area contributed by atoms with Crippen LogP contribution in [0, 0.1) is 5.92 Å². The van der Waals surface area contributed by atoms with Crippen molar-refractivity contribution < 1.29 is 14.7 Å². The van der Waals surface area contributed by atoms with Crippen molar-refractivity contribution in [2.24, 2.45) is 5.92 Å². The monoisotopic (exact) mass is 346 g/mol. The van der Waals surface area contributed by atoms with Gasteiger partial charge in [0.2, 0.25) is 0 Å². The number of aliphatic hydroxyl groups is 1. The van der Waals surface area contributed by atoms with E-state index in [1.807, 2.05) is 19.2 Å². The maximum Gasteiger partial charge on any atom is 0.256 e. The minimum absolute atomic E-state index is 0.0136. The van der Waals surface area contributed by atoms with Gasteiger partial charge in [-0.1, -0.05) is 26.0 Å². The number of benzene rings is 1. The maximum absolute atomic E-state index is 12.6. The molecule has 2 rings (SSSR count). The van der Waals surface area contributed by atoms with E-state index >= 15 is 0 Å². The van der Waals surface area contributed by atoms with Crippen molar-refractivity contribution in [2.45, 2.75) is 26.3 Å². The average Bonchev–Trinajstić information content (AvgIpc) is 3.09. The Hall–Kier alpha value is -2.18. The molecule has 0 aliphatic heterocycles. The molecule has 0 aliphatic rings. The Morgan fingerprint density at radius 1 is 1.17 bits per heavy atom. The molecule has 2 amide bonds. The van der Waals surface area contributed by atoms with Gasteiger partial charge in [-0.3, -0.25) is 9.59 Å². The SMILES string of the molecule is CC(C)C(CCO)NC(=O)c1ccccc1NC(=O)c1ccsc1. The lowest BCUT2D eigenvalue weighted by molar-refractivity contribution is 0.0917. The van der Waals surface area contributed by atoms with Crippen molar-refractivity contribution in [3.8, 4) is 0 Å². The predicted octanol–water partition coefficient (Wildman–Crippen LogP) is 3.14. The van der Waals surface area contributed by atoms with Crippen LogP contribution in [-0.2, 0) is 0 Å². The Bertz CT molecular complexity index is 683. The fourth-order valence-electron chi connectivity index (χ4n) is 2.34. The molecule has 3 N–H and O–H groups in total. The van der Waals surface area contributed by atoms with E-state index < -0.39 is 0 Å². The molecule has 0 bridgehead atoms. The van der Waals surface area contributed by atoms with Crippen molar-refractivity contribution in [3.05, 3.63) is 52.2 Å². The number of carbonyl (C=O) groups excluding carboxylic acids is 2. The fourth-order valence-corrected chi connectivity index (χ4v) is 2.97. The number of amides is 2. The standard InChI is InChI=1S/C18H22N2O3S/c1-12(2)15(7-9-21)19-18(23)14-5-3-4-6-16(14)20-17(22)13-8-10-24-11-13/h3-6,8,10-12,15,21H,7,9H2,1-2H3,(H,19,23)(H,20,22). The molecular weight excluding hydrogens is 324 g/mol. The summed E-state index contributed by atoms with van der Waals surface area (Å²) >= 11 is 1.44. The minimum Gasteiger partial charge on any atom is -0.396 e. The third-order valence-electron chi connectivity index (χ3n) is 3.76. The zero-order valence-corrected chi connectivity index (χ0v) is 14.6. The normalized spacial score (nSPS) is 12.0. The molecule has 1 heterocycles. The van der Waals surface area contributed by atoms with E-state index in [1.54, 1.807) is 35.7 Å². The third kappa shape index (κ3) is 4.66. The Labute approximate surface area is 145 Å². The lowest BCUT2D eigenvalue weighted by atomic mass is 10.0. The number of thiophene rings is 1. The zero-order valence-electron chi connectivity index (χ0n) is 13.8. The number of hydrogen-bond acceptors (Lipinski definition) is 4. The first kappa shape index (κ1) is 18.2. The summed E-state index contributed by atoms with van der Waals surface area (Å²) in [5.74, 6) is -0.302. The first-order valence-electron chi connectivity index (χ1n) is 7.87. The van der Waals surface area contributed by atoms with Gasteiger partial charge < -0.3 is 15.7 Å². The molecule has 5 nitrogen and oxygen atoms in total. The molecule has 2 aromatic rings. The Morgan fingerprint density at radius 2 is 1.92 bits per heavy atom. The van der Waals surface area contributed by atoms with E-state index in [4.69, 9.17) is 5.11 Å². The molecular formula is C18H22N2O3S. The van der Waals surface area contributed by atoms with Crippen molar-refractivity contribution in [2.75, 3.05) is 11.9 Å². The Morgan fingerprint density at radius 3 is 2.54 bits per heavy atom. The Balaban J connectivity index is 2.15. The van der Waals surface area contributed by atoms with E-state index in [9.17, 15) is 9.59 Å². The molecule has 0 saturated heterocycles. The number of para-hydroxylation sites is 1. The van der Waals surface area contributed by atoms with Crippen molar-refractivity contribution in [1.29, 1.82) is 0 Å². The van der Waals surface area contributed by atoms with E-state index in [0.717, 1.165) is 0 Å². The lowest BCUT2D eigenvalue weighted by Crippen LogP contribution is -2.39. The van der Waals surface area contributed by atoms with Crippen LogP contribution in [0.4, 0.5) is 5.69 Å². The van der Waals surface area contributed by atoms with Crippen LogP contribution in [-0.4, -0.2) is 29.6 Å². The second-order valence-corrected chi connectivity index (χ2v) is 6.63. The fraction of sp³-hybridized carbons (Fsp3) is 0.333. The lowest BCUT2D eigenvalue weighted by Gasteiger charge is -2.22. The van der Waals surface area contributed by atoms with Gasteiger partial charge in [-0.05, 0) is 35.9 Å². The van der Waals surface area contributed by atoms with E-state index in [0.29, 0.717) is 23.2 Å². The first-order valence-corrected chi connectivity index (χ1v) is 8.81. The van der Waals surface area contributed by atoms with Gasteiger partial charge in [0.25, 0.3) is 11.8 Å². The molecule has 0 radical (unpaired) electrons. The largest absolute Gasteiger partial charge is 0.396 e. The van der Waals surface area contributed by atoms with Crippen LogP contribution in [0.25, 0.3) is 0 Å². The maximum atomic E-state index is 12.6. The third-order valence-corrected chi connectivity index (χ3v) is 4.45. The topological polar surface area (TPSA) is 78.4 Å². The van der Waals surface area contributed by atoms with Gasteiger partial charge in [-0.15, -0.1) is 0 Å². The molecule has 1 aromatic carbocycles. The molecule has 128 valence electrons. The molecule has 1 atom stereocenters. The van der Waals surface area contributed by atoms with E-state index in [1.165, 1.54) is 11.3 Å². The van der Waals surface area contributed by atoms with Gasteiger partial charge in [0, 0.05) is 18.0 Å². The molecule has 6 heteroatoms. The molecule has 0 fully saturated rings. The van der Waals surface area contributed by atoms with Gasteiger partial charge in [0.05, 0.1) is 16.8 Å². The van der Waals surface area contributed by atoms with Crippen molar-refractivity contribution in [1.82, 2.24) is 5.32 Å². The van der Waals surface area contributed by atoms with Crippen LogP contribution in [0.1, 0.15) is 41.0 Å². The number of anilines is 1. The Kier molecular flexibility index (Phi) is 6.52. The highest BCUT2D eigenvalue weighted by molar-refractivity contribution is 7.08. The van der Waals surface area contributed by atoms with Crippen LogP contribution in [0.3, 0.4) is 0 Å². The molecule has 1 aromatic heterocycles. The second-order valence-electron chi connectivity index (χ2n) is 5.85. The van der Waals surface area contributed by atoms with Crippen molar-refractivity contribution in [3.63, 3.8) is 0 Å². The summed E-state index contributed by atoms with van der Waals surface area (Å²) < 4.78 is 0. The molecule has 24 heavy (non-hydrogen) atoms. The number of carbonyl (C=O) groups is 2. The molecule has 0 saturated carbocycles.